The summed E-state index contributed by atoms with van der Waals surface area (Å²) in [5.41, 5.74) is 9.68. The number of hydroxylamine groups is 2. The Morgan fingerprint density at radius 3 is 2.73 bits per heavy atom. The van der Waals surface area contributed by atoms with Gasteiger partial charge in [-0.05, 0) is 26.8 Å². The number of aliphatic carboxylic acids is 1. The Kier molecular flexibility index (Phi) is 10.1. The molecule has 6 N–H and O–H groups in total. The van der Waals surface area contributed by atoms with Crippen molar-refractivity contribution in [2.24, 2.45) is 17.9 Å². The summed E-state index contributed by atoms with van der Waals surface area (Å²) in [5, 5.41) is 18.2. The maximum atomic E-state index is 13.2. The number of thiazole rings is 1. The number of ether oxygens (including phenoxy) is 1. The Balaban J connectivity index is 1.74. The van der Waals surface area contributed by atoms with Crippen LogP contribution in [0, 0.1) is 0 Å². The third-order valence-corrected chi connectivity index (χ3v) is 6.96. The van der Waals surface area contributed by atoms with Crippen molar-refractivity contribution in [1.29, 1.82) is 0 Å². The monoisotopic (exact) mass is 603 g/mol. The van der Waals surface area contributed by atoms with E-state index in [1.807, 2.05) is 4.68 Å². The molecular formula is C21H31N8O9S2+. The van der Waals surface area contributed by atoms with Crippen LogP contribution in [0.3, 0.4) is 0 Å². The Morgan fingerprint density at radius 1 is 1.43 bits per heavy atom. The minimum absolute atomic E-state index is 0.00719. The van der Waals surface area contributed by atoms with Crippen LogP contribution in [0.5, 0.6) is 5.75 Å². The van der Waals surface area contributed by atoms with Crippen molar-refractivity contribution in [2.45, 2.75) is 44.5 Å². The summed E-state index contributed by atoms with van der Waals surface area (Å²) in [6.07, 6.45) is 2.47. The average Bonchev–Trinajstić information content (AvgIpc) is 3.50. The number of hydrogen-bond donors (Lipinski definition) is 4. The molecule has 3 rings (SSSR count). The van der Waals surface area contributed by atoms with Gasteiger partial charge in [-0.15, -0.1) is 20.3 Å². The molecule has 0 saturated carbocycles. The van der Waals surface area contributed by atoms with Crippen molar-refractivity contribution in [2.75, 3.05) is 26.0 Å². The van der Waals surface area contributed by atoms with Gasteiger partial charge in [0.2, 0.25) is 11.9 Å². The summed E-state index contributed by atoms with van der Waals surface area (Å²) in [6.45, 7) is 3.83. The number of carbonyl (C=O) groups excluding carboxylic acids is 2. The molecule has 0 radical (unpaired) electrons. The predicted octanol–water partition coefficient (Wildman–Crippen LogP) is -1.78. The number of nitrogens with zero attached hydrogens (tertiary/aromatic N) is 5. The fourth-order valence-electron chi connectivity index (χ4n) is 3.53. The Morgan fingerprint density at radius 2 is 2.15 bits per heavy atom. The Labute approximate surface area is 235 Å². The van der Waals surface area contributed by atoms with E-state index in [9.17, 15) is 23.7 Å². The lowest BCUT2D eigenvalue weighted by Gasteiger charge is -2.50. The van der Waals surface area contributed by atoms with E-state index < -0.39 is 59.1 Å². The van der Waals surface area contributed by atoms with Crippen molar-refractivity contribution in [1.82, 2.24) is 20.0 Å². The van der Waals surface area contributed by atoms with Gasteiger partial charge in [0, 0.05) is 5.38 Å². The smallest absolute Gasteiger partial charge is 0.351 e. The fourth-order valence-corrected chi connectivity index (χ4v) is 4.53. The predicted molar refractivity (Wildman–Crippen MR) is 139 cm³/mol. The van der Waals surface area contributed by atoms with Gasteiger partial charge in [0.25, 0.3) is 17.9 Å². The molecule has 3 atom stereocenters. The molecule has 1 aliphatic rings. The summed E-state index contributed by atoms with van der Waals surface area (Å²) in [5.74, 6) is -2.62. The summed E-state index contributed by atoms with van der Waals surface area (Å²) >= 11 is -1.21. The number of aryl methyl sites for hydroxylation is 2. The molecule has 19 heteroatoms. The van der Waals surface area contributed by atoms with E-state index in [1.165, 1.54) is 5.38 Å². The second kappa shape index (κ2) is 13.1. The molecule has 1 aliphatic heterocycles. The number of β-lactam (4-membered cyclic amide) rings is 1. The number of nitrogen functional groups attached to an aromatic ring is 1. The maximum absolute atomic E-state index is 13.2. The van der Waals surface area contributed by atoms with Crippen LogP contribution in [0.25, 0.3) is 0 Å². The largest absolute Gasteiger partial charge is 0.481 e. The standard InChI is InChI=1S/C21H30N8O9S2/c1-21(2)16(18(31)29(21)38-40(34)35-4)25-17(30)15(13-11-39-20(23)24-13)26-37-14(19(32)33)10-36-12-8-27(3)28(9-12)7-5-6-22/h8-9,11,14,16H,5-7,10,22H2,1-4H3,(H3-,23,24,25,30,32,33)/p+1/t14-,16?,40?/m0/s1. The second-order valence-corrected chi connectivity index (χ2v) is 10.7. The Hall–Kier alpha value is -3.65. The zero-order chi connectivity index (χ0) is 29.6. The highest BCUT2D eigenvalue weighted by molar-refractivity contribution is 7.75. The molecule has 220 valence electrons. The maximum Gasteiger partial charge on any atom is 0.351 e. The van der Waals surface area contributed by atoms with Gasteiger partial charge < -0.3 is 31.5 Å². The van der Waals surface area contributed by atoms with Gasteiger partial charge in [0.05, 0.1) is 19.2 Å². The first-order valence-electron chi connectivity index (χ1n) is 11.8. The zero-order valence-corrected chi connectivity index (χ0v) is 23.8. The van der Waals surface area contributed by atoms with Crippen LogP contribution < -0.4 is 26.2 Å². The quantitative estimate of drug-likeness (QED) is 0.0766. The number of anilines is 1. The minimum Gasteiger partial charge on any atom is -0.481 e. The van der Waals surface area contributed by atoms with Gasteiger partial charge in [0.15, 0.2) is 17.9 Å². The molecule has 0 aliphatic carbocycles. The molecule has 0 spiro atoms. The number of rotatable bonds is 15. The molecule has 0 aromatic carbocycles. The van der Waals surface area contributed by atoms with E-state index in [-0.39, 0.29) is 10.8 Å². The number of amides is 2. The van der Waals surface area contributed by atoms with Gasteiger partial charge >= 0.3 is 17.3 Å². The van der Waals surface area contributed by atoms with E-state index in [2.05, 4.69) is 19.6 Å². The molecule has 2 amide bonds. The van der Waals surface area contributed by atoms with Gasteiger partial charge in [-0.3, -0.25) is 13.8 Å². The summed E-state index contributed by atoms with van der Waals surface area (Å²) in [7, 11) is 2.92. The molecule has 0 bridgehead atoms. The number of nitrogens with two attached hydrogens (primary N) is 2. The minimum atomic E-state index is -2.22. The van der Waals surface area contributed by atoms with Crippen LogP contribution in [0.2, 0.25) is 0 Å². The third kappa shape index (κ3) is 7.10. The summed E-state index contributed by atoms with van der Waals surface area (Å²) in [4.78, 5) is 46.8. The highest BCUT2D eigenvalue weighted by Gasteiger charge is 2.57. The van der Waals surface area contributed by atoms with Crippen molar-refractivity contribution < 1.29 is 46.4 Å². The molecule has 2 aromatic heterocycles. The van der Waals surface area contributed by atoms with Gasteiger partial charge in [0.1, 0.15) is 24.5 Å². The first kappa shape index (κ1) is 30.9. The third-order valence-electron chi connectivity index (χ3n) is 5.74. The van der Waals surface area contributed by atoms with Crippen LogP contribution in [-0.2, 0) is 52.6 Å². The van der Waals surface area contributed by atoms with Crippen LogP contribution in [0.1, 0.15) is 26.0 Å². The molecular weight excluding hydrogens is 572 g/mol. The lowest BCUT2D eigenvalue weighted by Crippen LogP contribution is -2.76. The molecule has 1 saturated heterocycles. The highest BCUT2D eigenvalue weighted by Crippen LogP contribution is 2.32. The van der Waals surface area contributed by atoms with E-state index >= 15 is 0 Å². The van der Waals surface area contributed by atoms with Crippen molar-refractivity contribution in [3.8, 4) is 5.75 Å². The molecule has 40 heavy (non-hydrogen) atoms. The second-order valence-electron chi connectivity index (χ2n) is 8.93. The summed E-state index contributed by atoms with van der Waals surface area (Å²) < 4.78 is 30.2. The molecule has 2 unspecified atom stereocenters. The number of carbonyl (C=O) groups is 3. The van der Waals surface area contributed by atoms with Crippen molar-refractivity contribution in [3.63, 3.8) is 0 Å². The number of nitrogens with one attached hydrogen (secondary N) is 1. The first-order valence-corrected chi connectivity index (χ1v) is 13.6. The van der Waals surface area contributed by atoms with E-state index in [4.69, 9.17) is 25.3 Å². The topological polar surface area (TPSA) is 227 Å². The van der Waals surface area contributed by atoms with Gasteiger partial charge in [-0.25, -0.2) is 9.78 Å². The lowest BCUT2D eigenvalue weighted by atomic mass is 9.84. The number of carboxylic acids is 1. The SMILES string of the molecule is COS(=O)ON1C(=O)C(NC(=O)C(=NO[C@@H](COc2cn(CCCN)[n+](C)c2)C(=O)O)c2csc(N)n2)C1(C)C. The van der Waals surface area contributed by atoms with Crippen LogP contribution >= 0.6 is 11.3 Å². The number of aromatic nitrogens is 3. The van der Waals surface area contributed by atoms with Gasteiger partial charge in [-0.2, -0.15) is 14.0 Å². The van der Waals surface area contributed by atoms with Crippen LogP contribution in [-0.4, -0.2) is 85.5 Å². The van der Waals surface area contributed by atoms with E-state index in [1.54, 1.807) is 38.0 Å². The van der Waals surface area contributed by atoms with Crippen LogP contribution in [0.4, 0.5) is 5.13 Å². The number of hydrogen-bond acceptors (Lipinski definition) is 13. The lowest BCUT2D eigenvalue weighted by molar-refractivity contribution is -0.753. The molecule has 2 aromatic rings. The van der Waals surface area contributed by atoms with E-state index in [0.717, 1.165) is 29.9 Å². The average molecular weight is 604 g/mol. The highest BCUT2D eigenvalue weighted by atomic mass is 32.2. The molecule has 1 fully saturated rings. The normalized spacial score (nSPS) is 18.1. The van der Waals surface area contributed by atoms with Crippen molar-refractivity contribution in [3.05, 3.63) is 23.5 Å². The molecule has 3 heterocycles. The van der Waals surface area contributed by atoms with Gasteiger partial charge in [-0.1, -0.05) is 5.16 Å². The Bertz CT molecular complexity index is 1290. The first-order chi connectivity index (χ1) is 18.9. The number of oxime groups is 1. The fraction of sp³-hybridized carbons (Fsp3) is 0.524. The van der Waals surface area contributed by atoms with E-state index in [0.29, 0.717) is 18.8 Å². The molecule has 17 nitrogen and oxygen atoms in total. The van der Waals surface area contributed by atoms with Crippen molar-refractivity contribution >= 4 is 51.3 Å². The summed E-state index contributed by atoms with van der Waals surface area (Å²) in [6, 6.07) is -1.11. The zero-order valence-electron chi connectivity index (χ0n) is 22.1. The number of carboxylic acid groups (broad SMARTS) is 1. The van der Waals surface area contributed by atoms with Crippen LogP contribution in [0.15, 0.2) is 22.9 Å².